The summed E-state index contributed by atoms with van der Waals surface area (Å²) in [6.07, 6.45) is -0.484. The number of benzene rings is 2. The van der Waals surface area contributed by atoms with Crippen LogP contribution < -0.4 is 4.74 Å². The molecule has 0 saturated carbocycles. The third-order valence-electron chi connectivity index (χ3n) is 4.37. The molecule has 0 spiro atoms. The highest BCUT2D eigenvalue weighted by Gasteiger charge is 2.21. The summed E-state index contributed by atoms with van der Waals surface area (Å²) >= 11 is 0. The predicted octanol–water partition coefficient (Wildman–Crippen LogP) is 4.98. The van der Waals surface area contributed by atoms with E-state index in [0.717, 1.165) is 28.0 Å². The van der Waals surface area contributed by atoms with Crippen molar-refractivity contribution in [2.45, 2.75) is 40.7 Å². The van der Waals surface area contributed by atoms with E-state index in [4.69, 9.17) is 4.74 Å². The fourth-order valence-corrected chi connectivity index (χ4v) is 2.98. The molecule has 0 radical (unpaired) electrons. The minimum Gasteiger partial charge on any atom is -0.496 e. The Morgan fingerprint density at radius 1 is 1.00 bits per heavy atom. The number of aryl methyl sites for hydroxylation is 2. The number of hydrogen-bond donors (Lipinski definition) is 1. The molecule has 0 bridgehead atoms. The lowest BCUT2D eigenvalue weighted by Crippen LogP contribution is -2.08. The Kier molecular flexibility index (Phi) is 4.92. The van der Waals surface area contributed by atoms with Gasteiger partial charge in [0.15, 0.2) is 0 Å². The van der Waals surface area contributed by atoms with E-state index in [1.165, 1.54) is 11.1 Å². The molecule has 0 amide bonds. The molecule has 2 rings (SSSR count). The Morgan fingerprint density at radius 3 is 2.23 bits per heavy atom. The summed E-state index contributed by atoms with van der Waals surface area (Å²) in [5, 5.41) is 10.6. The first kappa shape index (κ1) is 16.6. The quantitative estimate of drug-likeness (QED) is 0.863. The van der Waals surface area contributed by atoms with E-state index in [2.05, 4.69) is 32.9 Å². The van der Waals surface area contributed by atoms with E-state index in [-0.39, 0.29) is 5.92 Å². The molecular formula is C20H26O2. The molecule has 2 aromatic rings. The van der Waals surface area contributed by atoms with Gasteiger partial charge in [-0.05, 0) is 54.5 Å². The van der Waals surface area contributed by atoms with Crippen molar-refractivity contribution in [1.82, 2.24) is 0 Å². The monoisotopic (exact) mass is 298 g/mol. The van der Waals surface area contributed by atoms with Crippen molar-refractivity contribution in [3.8, 4) is 16.9 Å². The van der Waals surface area contributed by atoms with Crippen molar-refractivity contribution in [3.05, 3.63) is 52.6 Å². The second-order valence-corrected chi connectivity index (χ2v) is 6.32. The molecule has 0 aliphatic rings. The highest BCUT2D eigenvalue weighted by molar-refractivity contribution is 5.79. The first-order valence-electron chi connectivity index (χ1n) is 7.80. The topological polar surface area (TPSA) is 29.5 Å². The van der Waals surface area contributed by atoms with E-state index in [9.17, 15) is 5.11 Å². The van der Waals surface area contributed by atoms with E-state index < -0.39 is 6.10 Å². The van der Waals surface area contributed by atoms with Crippen molar-refractivity contribution in [2.75, 3.05) is 7.11 Å². The number of hydrogen-bond acceptors (Lipinski definition) is 2. The smallest absolute Gasteiger partial charge is 0.130 e. The maximum Gasteiger partial charge on any atom is 0.130 e. The lowest BCUT2D eigenvalue weighted by atomic mass is 9.87. The Hall–Kier alpha value is -1.80. The van der Waals surface area contributed by atoms with Gasteiger partial charge in [-0.15, -0.1) is 0 Å². The van der Waals surface area contributed by atoms with Crippen molar-refractivity contribution < 1.29 is 9.84 Å². The minimum atomic E-state index is -0.484. The van der Waals surface area contributed by atoms with Crippen LogP contribution in [-0.2, 0) is 0 Å². The highest BCUT2D eigenvalue weighted by Crippen LogP contribution is 2.41. The normalized spacial score (nSPS) is 12.5. The molecule has 2 nitrogen and oxygen atoms in total. The number of ether oxygens (including phenoxy) is 1. The molecule has 118 valence electrons. The average molecular weight is 298 g/mol. The zero-order valence-corrected chi connectivity index (χ0v) is 14.4. The van der Waals surface area contributed by atoms with Crippen LogP contribution >= 0.6 is 0 Å². The summed E-state index contributed by atoms with van der Waals surface area (Å²) in [6, 6.07) is 10.3. The SMILES string of the molecule is COc1c(C)c(C)cc(C)c1-c1ccccc1C(O)C(C)C. The van der Waals surface area contributed by atoms with Crippen molar-refractivity contribution >= 4 is 0 Å². The van der Waals surface area contributed by atoms with E-state index in [0.29, 0.717) is 0 Å². The van der Waals surface area contributed by atoms with Crippen LogP contribution in [0.4, 0.5) is 0 Å². The Bertz CT molecular complexity index is 672. The summed E-state index contributed by atoms with van der Waals surface area (Å²) in [4.78, 5) is 0. The minimum absolute atomic E-state index is 0.166. The van der Waals surface area contributed by atoms with E-state index >= 15 is 0 Å². The summed E-state index contributed by atoms with van der Waals surface area (Å²) < 4.78 is 5.71. The van der Waals surface area contributed by atoms with Gasteiger partial charge in [0.25, 0.3) is 0 Å². The van der Waals surface area contributed by atoms with Crippen LogP contribution in [0.2, 0.25) is 0 Å². The van der Waals surface area contributed by atoms with Crippen LogP contribution in [0.25, 0.3) is 11.1 Å². The molecule has 0 aliphatic carbocycles. The Morgan fingerprint density at radius 2 is 1.64 bits per heavy atom. The summed E-state index contributed by atoms with van der Waals surface area (Å²) in [6.45, 7) is 10.3. The molecule has 22 heavy (non-hydrogen) atoms. The molecule has 0 saturated heterocycles. The lowest BCUT2D eigenvalue weighted by molar-refractivity contribution is 0.127. The van der Waals surface area contributed by atoms with Gasteiger partial charge in [0.1, 0.15) is 5.75 Å². The second kappa shape index (κ2) is 6.53. The molecule has 2 aromatic carbocycles. The Labute approximate surface area is 133 Å². The maximum atomic E-state index is 10.6. The van der Waals surface area contributed by atoms with Gasteiger partial charge in [0.2, 0.25) is 0 Å². The Balaban J connectivity index is 2.76. The van der Waals surface area contributed by atoms with Crippen molar-refractivity contribution in [1.29, 1.82) is 0 Å². The summed E-state index contributed by atoms with van der Waals surface area (Å²) in [5.74, 6) is 1.07. The third-order valence-corrected chi connectivity index (χ3v) is 4.37. The van der Waals surface area contributed by atoms with Gasteiger partial charge in [0.05, 0.1) is 13.2 Å². The number of aliphatic hydroxyl groups is 1. The fraction of sp³-hybridized carbons (Fsp3) is 0.400. The van der Waals surface area contributed by atoms with Crippen LogP contribution in [0, 0.1) is 26.7 Å². The largest absolute Gasteiger partial charge is 0.496 e. The van der Waals surface area contributed by atoms with E-state index in [1.54, 1.807) is 7.11 Å². The zero-order chi connectivity index (χ0) is 16.4. The molecule has 0 heterocycles. The molecule has 0 aliphatic heterocycles. The fourth-order valence-electron chi connectivity index (χ4n) is 2.98. The van der Waals surface area contributed by atoms with Crippen LogP contribution in [0.5, 0.6) is 5.75 Å². The molecule has 1 atom stereocenters. The number of aliphatic hydroxyl groups excluding tert-OH is 1. The molecule has 1 N–H and O–H groups in total. The molecular weight excluding hydrogens is 272 g/mol. The average Bonchev–Trinajstić information content (AvgIpc) is 2.49. The highest BCUT2D eigenvalue weighted by atomic mass is 16.5. The van der Waals surface area contributed by atoms with E-state index in [1.807, 2.05) is 32.0 Å². The van der Waals surface area contributed by atoms with Crippen molar-refractivity contribution in [2.24, 2.45) is 5.92 Å². The lowest BCUT2D eigenvalue weighted by Gasteiger charge is -2.22. The molecule has 2 heteroatoms. The maximum absolute atomic E-state index is 10.6. The van der Waals surface area contributed by atoms with Crippen LogP contribution in [0.15, 0.2) is 30.3 Å². The van der Waals surface area contributed by atoms with Gasteiger partial charge in [-0.3, -0.25) is 0 Å². The van der Waals surface area contributed by atoms with Crippen LogP contribution in [0.1, 0.15) is 42.2 Å². The second-order valence-electron chi connectivity index (χ2n) is 6.32. The molecule has 1 unspecified atom stereocenters. The molecule has 0 fully saturated rings. The third kappa shape index (κ3) is 2.89. The van der Waals surface area contributed by atoms with Gasteiger partial charge in [-0.2, -0.15) is 0 Å². The summed E-state index contributed by atoms with van der Waals surface area (Å²) in [5.41, 5.74) is 6.64. The van der Waals surface area contributed by atoms with Crippen LogP contribution in [0.3, 0.4) is 0 Å². The first-order valence-corrected chi connectivity index (χ1v) is 7.80. The summed E-state index contributed by atoms with van der Waals surface area (Å²) in [7, 11) is 1.71. The van der Waals surface area contributed by atoms with Gasteiger partial charge >= 0.3 is 0 Å². The van der Waals surface area contributed by atoms with Gasteiger partial charge in [-0.1, -0.05) is 44.2 Å². The zero-order valence-electron chi connectivity index (χ0n) is 14.4. The first-order chi connectivity index (χ1) is 10.4. The molecule has 0 aromatic heterocycles. The van der Waals surface area contributed by atoms with Gasteiger partial charge < -0.3 is 9.84 Å². The van der Waals surface area contributed by atoms with Crippen molar-refractivity contribution in [3.63, 3.8) is 0 Å². The number of rotatable bonds is 4. The van der Waals surface area contributed by atoms with Gasteiger partial charge in [0, 0.05) is 5.56 Å². The standard InChI is InChI=1S/C20H26O2/c1-12(2)19(21)17-10-8-7-9-16(17)18-14(4)11-13(3)15(5)20(18)22-6/h7-12,19,21H,1-6H3. The van der Waals surface area contributed by atoms with Crippen LogP contribution in [-0.4, -0.2) is 12.2 Å². The van der Waals surface area contributed by atoms with Gasteiger partial charge in [-0.25, -0.2) is 0 Å². The predicted molar refractivity (Wildman–Crippen MR) is 92.4 cm³/mol. The number of methoxy groups -OCH3 is 1.